The Kier molecular flexibility index (Phi) is 5.48. The number of nitrogens with one attached hydrogen (secondary N) is 1. The maximum Gasteiger partial charge on any atom is 0.253 e. The second kappa shape index (κ2) is 7.16. The van der Waals surface area contributed by atoms with Gasteiger partial charge in [0.2, 0.25) is 0 Å². The lowest BCUT2D eigenvalue weighted by molar-refractivity contribution is 0.0939. The quantitative estimate of drug-likeness (QED) is 0.816. The van der Waals surface area contributed by atoms with Crippen molar-refractivity contribution in [2.45, 2.75) is 19.9 Å². The zero-order chi connectivity index (χ0) is 16.3. The molecule has 0 radical (unpaired) electrons. The van der Waals surface area contributed by atoms with Crippen LogP contribution in [-0.2, 0) is 0 Å². The van der Waals surface area contributed by atoms with Gasteiger partial charge in [0.1, 0.15) is 5.75 Å². The standard InChI is InChI=1S/C17H17BrClNO2/c1-10-4-7-16(22-3)13(8-10)11(2)20-17(21)14-9-12(18)5-6-15(14)19/h4-9,11H,1-3H3,(H,20,21). The van der Waals surface area contributed by atoms with Gasteiger partial charge in [0, 0.05) is 10.0 Å². The zero-order valence-corrected chi connectivity index (χ0v) is 15.0. The Bertz CT molecular complexity index is 703. The van der Waals surface area contributed by atoms with Gasteiger partial charge in [0.15, 0.2) is 0 Å². The number of aryl methyl sites for hydroxylation is 1. The van der Waals surface area contributed by atoms with Crippen LogP contribution in [0.4, 0.5) is 0 Å². The van der Waals surface area contributed by atoms with Crippen LogP contribution in [0.5, 0.6) is 5.75 Å². The fourth-order valence-corrected chi connectivity index (χ4v) is 2.78. The van der Waals surface area contributed by atoms with Crippen molar-refractivity contribution >= 4 is 33.4 Å². The van der Waals surface area contributed by atoms with Crippen LogP contribution >= 0.6 is 27.5 Å². The Balaban J connectivity index is 2.25. The first kappa shape index (κ1) is 16.8. The minimum absolute atomic E-state index is 0.197. The molecule has 1 atom stereocenters. The van der Waals surface area contributed by atoms with Gasteiger partial charge in [-0.25, -0.2) is 0 Å². The van der Waals surface area contributed by atoms with Crippen LogP contribution in [0.1, 0.15) is 34.5 Å². The first-order valence-corrected chi connectivity index (χ1v) is 8.00. The lowest BCUT2D eigenvalue weighted by Gasteiger charge is -2.18. The SMILES string of the molecule is COc1ccc(C)cc1C(C)NC(=O)c1cc(Br)ccc1Cl. The number of hydrogen-bond donors (Lipinski definition) is 1. The number of benzene rings is 2. The maximum atomic E-state index is 12.4. The van der Waals surface area contributed by atoms with Gasteiger partial charge < -0.3 is 10.1 Å². The molecule has 5 heteroatoms. The van der Waals surface area contributed by atoms with Gasteiger partial charge in [-0.2, -0.15) is 0 Å². The van der Waals surface area contributed by atoms with Gasteiger partial charge in [-0.3, -0.25) is 4.79 Å². The molecule has 0 aliphatic rings. The van der Waals surface area contributed by atoms with Gasteiger partial charge in [-0.05, 0) is 38.1 Å². The second-order valence-electron chi connectivity index (χ2n) is 5.06. The summed E-state index contributed by atoms with van der Waals surface area (Å²) in [6.45, 7) is 3.92. The third-order valence-corrected chi connectivity index (χ3v) is 4.20. The molecule has 0 aliphatic carbocycles. The zero-order valence-electron chi connectivity index (χ0n) is 12.6. The number of amides is 1. The number of hydrogen-bond acceptors (Lipinski definition) is 2. The highest BCUT2D eigenvalue weighted by molar-refractivity contribution is 9.10. The minimum Gasteiger partial charge on any atom is -0.496 e. The highest BCUT2D eigenvalue weighted by Crippen LogP contribution is 2.27. The smallest absolute Gasteiger partial charge is 0.253 e. The van der Waals surface area contributed by atoms with Crippen molar-refractivity contribution in [3.63, 3.8) is 0 Å². The van der Waals surface area contributed by atoms with Crippen LogP contribution in [0.15, 0.2) is 40.9 Å². The van der Waals surface area contributed by atoms with Crippen LogP contribution < -0.4 is 10.1 Å². The summed E-state index contributed by atoms with van der Waals surface area (Å²) in [5, 5.41) is 3.38. The normalized spacial score (nSPS) is 11.9. The number of carbonyl (C=O) groups is 1. The summed E-state index contributed by atoms with van der Waals surface area (Å²) in [5.74, 6) is 0.529. The molecule has 0 fully saturated rings. The molecule has 0 aliphatic heterocycles. The first-order valence-electron chi connectivity index (χ1n) is 6.83. The first-order chi connectivity index (χ1) is 10.4. The second-order valence-corrected chi connectivity index (χ2v) is 6.39. The highest BCUT2D eigenvalue weighted by Gasteiger charge is 2.17. The fraction of sp³-hybridized carbons (Fsp3) is 0.235. The van der Waals surface area contributed by atoms with E-state index in [0.29, 0.717) is 10.6 Å². The molecular formula is C17H17BrClNO2. The van der Waals surface area contributed by atoms with Gasteiger partial charge in [0.25, 0.3) is 5.91 Å². The topological polar surface area (TPSA) is 38.3 Å². The molecule has 0 bridgehead atoms. The van der Waals surface area contributed by atoms with Crippen LogP contribution in [-0.4, -0.2) is 13.0 Å². The third-order valence-electron chi connectivity index (χ3n) is 3.37. The molecule has 2 aromatic rings. The highest BCUT2D eigenvalue weighted by atomic mass is 79.9. The molecule has 2 rings (SSSR count). The molecule has 1 amide bonds. The number of rotatable bonds is 4. The molecule has 22 heavy (non-hydrogen) atoms. The van der Waals surface area contributed by atoms with E-state index in [2.05, 4.69) is 21.2 Å². The third kappa shape index (κ3) is 3.81. The fourth-order valence-electron chi connectivity index (χ4n) is 2.22. The van der Waals surface area contributed by atoms with E-state index in [-0.39, 0.29) is 11.9 Å². The van der Waals surface area contributed by atoms with Crippen LogP contribution in [0.25, 0.3) is 0 Å². The summed E-state index contributed by atoms with van der Waals surface area (Å²) in [7, 11) is 1.62. The monoisotopic (exact) mass is 381 g/mol. The van der Waals surface area contributed by atoms with Crippen LogP contribution in [0, 0.1) is 6.92 Å². The van der Waals surface area contributed by atoms with E-state index in [0.717, 1.165) is 21.3 Å². The summed E-state index contributed by atoms with van der Waals surface area (Å²) in [4.78, 5) is 12.4. The summed E-state index contributed by atoms with van der Waals surface area (Å²) >= 11 is 9.45. The Labute approximate surface area is 143 Å². The van der Waals surface area contributed by atoms with Crippen molar-refractivity contribution in [3.05, 3.63) is 62.6 Å². The van der Waals surface area contributed by atoms with Crippen molar-refractivity contribution < 1.29 is 9.53 Å². The van der Waals surface area contributed by atoms with Crippen molar-refractivity contribution in [3.8, 4) is 5.75 Å². The van der Waals surface area contributed by atoms with Crippen molar-refractivity contribution in [1.29, 1.82) is 0 Å². The Hall–Kier alpha value is -1.52. The van der Waals surface area contributed by atoms with Crippen molar-refractivity contribution in [2.75, 3.05) is 7.11 Å². The largest absolute Gasteiger partial charge is 0.496 e. The van der Waals surface area contributed by atoms with E-state index in [1.165, 1.54) is 0 Å². The molecule has 0 saturated carbocycles. The molecule has 0 heterocycles. The number of methoxy groups -OCH3 is 1. The molecular weight excluding hydrogens is 366 g/mol. The predicted octanol–water partition coefficient (Wildman–Crippen LogP) is 4.91. The number of ether oxygens (including phenoxy) is 1. The summed E-state index contributed by atoms with van der Waals surface area (Å²) < 4.78 is 6.17. The Morgan fingerprint density at radius 2 is 2.00 bits per heavy atom. The van der Waals surface area contributed by atoms with E-state index in [1.807, 2.05) is 32.0 Å². The van der Waals surface area contributed by atoms with E-state index >= 15 is 0 Å². The van der Waals surface area contributed by atoms with Gasteiger partial charge in [-0.15, -0.1) is 0 Å². The molecule has 0 aromatic heterocycles. The molecule has 1 N–H and O–H groups in total. The minimum atomic E-state index is -0.220. The van der Waals surface area contributed by atoms with Gasteiger partial charge in [-0.1, -0.05) is 45.2 Å². The Morgan fingerprint density at radius 1 is 1.27 bits per heavy atom. The lowest BCUT2D eigenvalue weighted by Crippen LogP contribution is -2.27. The van der Waals surface area contributed by atoms with Gasteiger partial charge in [0.05, 0.1) is 23.7 Å². The summed E-state index contributed by atoms with van der Waals surface area (Å²) in [6.07, 6.45) is 0. The van der Waals surface area contributed by atoms with E-state index in [9.17, 15) is 4.79 Å². The molecule has 1 unspecified atom stereocenters. The van der Waals surface area contributed by atoms with E-state index in [4.69, 9.17) is 16.3 Å². The predicted molar refractivity (Wildman–Crippen MR) is 92.8 cm³/mol. The molecule has 0 saturated heterocycles. The maximum absolute atomic E-state index is 12.4. The molecule has 0 spiro atoms. The molecule has 116 valence electrons. The van der Waals surface area contributed by atoms with Crippen molar-refractivity contribution in [1.82, 2.24) is 5.32 Å². The van der Waals surface area contributed by atoms with E-state index < -0.39 is 0 Å². The van der Waals surface area contributed by atoms with Crippen LogP contribution in [0.2, 0.25) is 5.02 Å². The van der Waals surface area contributed by atoms with Crippen molar-refractivity contribution in [2.24, 2.45) is 0 Å². The average molecular weight is 383 g/mol. The van der Waals surface area contributed by atoms with Gasteiger partial charge >= 0.3 is 0 Å². The Morgan fingerprint density at radius 3 is 2.68 bits per heavy atom. The lowest BCUT2D eigenvalue weighted by atomic mass is 10.0. The summed E-state index contributed by atoms with van der Waals surface area (Å²) in [6, 6.07) is 10.9. The molecule has 2 aromatic carbocycles. The molecule has 3 nitrogen and oxygen atoms in total. The average Bonchev–Trinajstić information content (AvgIpc) is 2.49. The van der Waals surface area contributed by atoms with Crippen LogP contribution in [0.3, 0.4) is 0 Å². The summed E-state index contributed by atoms with van der Waals surface area (Å²) in [5.41, 5.74) is 2.48. The van der Waals surface area contributed by atoms with E-state index in [1.54, 1.807) is 25.3 Å². The number of halogens is 2. The number of carbonyl (C=O) groups excluding carboxylic acids is 1.